The van der Waals surface area contributed by atoms with Crippen molar-refractivity contribution in [3.63, 3.8) is 0 Å². The van der Waals surface area contributed by atoms with Gasteiger partial charge in [-0.05, 0) is 48.5 Å². The van der Waals surface area contributed by atoms with Crippen molar-refractivity contribution in [2.24, 2.45) is 4.99 Å². The molecule has 142 valence electrons. The second-order valence-corrected chi connectivity index (χ2v) is 5.81. The van der Waals surface area contributed by atoms with Crippen molar-refractivity contribution in [1.82, 2.24) is 10.3 Å². The quantitative estimate of drug-likeness (QED) is 0.525. The Morgan fingerprint density at radius 2 is 1.96 bits per heavy atom. The van der Waals surface area contributed by atoms with Crippen LogP contribution in [0.25, 0.3) is 0 Å². The highest BCUT2D eigenvalue weighted by atomic mass is 19.1. The molecule has 0 radical (unpaired) electrons. The molecule has 28 heavy (non-hydrogen) atoms. The molecule has 2 N–H and O–H groups in total. The number of carbonyl (C=O) groups excluding carboxylic acids is 1. The van der Waals surface area contributed by atoms with E-state index in [0.717, 1.165) is 5.69 Å². The number of hydrogen-bond donors (Lipinski definition) is 2. The van der Waals surface area contributed by atoms with Crippen LogP contribution in [0.2, 0.25) is 0 Å². The van der Waals surface area contributed by atoms with Crippen molar-refractivity contribution < 1.29 is 13.9 Å². The Bertz CT molecular complexity index is 977. The normalized spacial score (nSPS) is 11.0. The molecule has 2 aromatic carbocycles. The lowest BCUT2D eigenvalue weighted by Crippen LogP contribution is -2.36. The largest absolute Gasteiger partial charge is 0.497 e. The molecule has 0 bridgehead atoms. The Morgan fingerprint density at radius 3 is 2.71 bits per heavy atom. The van der Waals surface area contributed by atoms with Crippen LogP contribution >= 0.6 is 0 Å². The Morgan fingerprint density at radius 1 is 1.11 bits per heavy atom. The summed E-state index contributed by atoms with van der Waals surface area (Å²) in [5.74, 6) is -0.0161. The molecule has 3 rings (SSSR count). The van der Waals surface area contributed by atoms with Crippen molar-refractivity contribution in [2.75, 3.05) is 12.4 Å². The van der Waals surface area contributed by atoms with E-state index in [0.29, 0.717) is 17.0 Å². The molecular weight excluding hydrogens is 359 g/mol. The summed E-state index contributed by atoms with van der Waals surface area (Å²) >= 11 is 0. The second kappa shape index (κ2) is 9.27. The Kier molecular flexibility index (Phi) is 6.30. The van der Waals surface area contributed by atoms with Crippen molar-refractivity contribution in [3.05, 3.63) is 90.0 Å². The van der Waals surface area contributed by atoms with Crippen LogP contribution in [0.3, 0.4) is 0 Å². The summed E-state index contributed by atoms with van der Waals surface area (Å²) in [5, 5.41) is 5.66. The molecule has 1 heterocycles. The van der Waals surface area contributed by atoms with E-state index in [1.165, 1.54) is 19.2 Å². The number of pyridine rings is 1. The zero-order valence-electron chi connectivity index (χ0n) is 15.2. The summed E-state index contributed by atoms with van der Waals surface area (Å²) < 4.78 is 18.6. The number of nitrogens with zero attached hydrogens (tertiary/aromatic N) is 2. The first-order chi connectivity index (χ1) is 13.6. The number of nitrogens with one attached hydrogen (secondary N) is 2. The van der Waals surface area contributed by atoms with E-state index >= 15 is 0 Å². The molecule has 1 amide bonds. The van der Waals surface area contributed by atoms with Crippen LogP contribution in [0.1, 0.15) is 16.1 Å². The summed E-state index contributed by atoms with van der Waals surface area (Å²) in [5.41, 5.74) is 1.60. The van der Waals surface area contributed by atoms with Gasteiger partial charge in [0.25, 0.3) is 5.91 Å². The van der Waals surface area contributed by atoms with E-state index in [9.17, 15) is 9.18 Å². The number of guanidine groups is 1. The average molecular weight is 378 g/mol. The molecule has 0 fully saturated rings. The Hall–Kier alpha value is -3.74. The fourth-order valence-electron chi connectivity index (χ4n) is 2.41. The predicted molar refractivity (Wildman–Crippen MR) is 106 cm³/mol. The number of carbonyl (C=O) groups is 1. The highest BCUT2D eigenvalue weighted by Crippen LogP contribution is 2.13. The van der Waals surface area contributed by atoms with Gasteiger partial charge in [0.2, 0.25) is 5.96 Å². The summed E-state index contributed by atoms with van der Waals surface area (Å²) in [7, 11) is 1.53. The second-order valence-electron chi connectivity index (χ2n) is 5.81. The highest BCUT2D eigenvalue weighted by molar-refractivity contribution is 6.10. The third-order valence-corrected chi connectivity index (χ3v) is 3.78. The number of amides is 1. The van der Waals surface area contributed by atoms with E-state index < -0.39 is 5.82 Å². The summed E-state index contributed by atoms with van der Waals surface area (Å²) in [6, 6.07) is 18.1. The first kappa shape index (κ1) is 19.0. The van der Waals surface area contributed by atoms with Gasteiger partial charge in [0, 0.05) is 17.4 Å². The molecule has 0 spiro atoms. The number of rotatable bonds is 5. The third kappa shape index (κ3) is 5.38. The van der Waals surface area contributed by atoms with E-state index in [4.69, 9.17) is 4.74 Å². The zero-order chi connectivity index (χ0) is 19.8. The SMILES string of the molecule is COc1cccc(C(=O)NC(=NCc2ccccn2)Nc2cccc(F)c2)c1. The van der Waals surface area contributed by atoms with Gasteiger partial charge in [0.15, 0.2) is 0 Å². The number of aromatic nitrogens is 1. The zero-order valence-corrected chi connectivity index (χ0v) is 15.2. The fourth-order valence-corrected chi connectivity index (χ4v) is 2.41. The van der Waals surface area contributed by atoms with Gasteiger partial charge in [-0.3, -0.25) is 15.1 Å². The molecule has 6 nitrogen and oxygen atoms in total. The molecule has 0 saturated carbocycles. The van der Waals surface area contributed by atoms with Crippen LogP contribution in [0.15, 0.2) is 77.9 Å². The van der Waals surface area contributed by atoms with Crippen molar-refractivity contribution >= 4 is 17.6 Å². The highest BCUT2D eigenvalue weighted by Gasteiger charge is 2.11. The van der Waals surface area contributed by atoms with Gasteiger partial charge in [0.05, 0.1) is 19.3 Å². The number of benzene rings is 2. The molecule has 0 aliphatic carbocycles. The number of anilines is 1. The molecule has 7 heteroatoms. The fraction of sp³-hybridized carbons (Fsp3) is 0.0952. The topological polar surface area (TPSA) is 75.6 Å². The van der Waals surface area contributed by atoms with Gasteiger partial charge in [-0.2, -0.15) is 0 Å². The molecule has 3 aromatic rings. The summed E-state index contributed by atoms with van der Waals surface area (Å²) in [4.78, 5) is 21.2. The van der Waals surface area contributed by atoms with Crippen LogP contribution in [0.4, 0.5) is 10.1 Å². The molecule has 0 atom stereocenters. The maximum atomic E-state index is 13.5. The van der Waals surface area contributed by atoms with E-state index in [2.05, 4.69) is 20.6 Å². The third-order valence-electron chi connectivity index (χ3n) is 3.78. The van der Waals surface area contributed by atoms with Gasteiger partial charge < -0.3 is 10.1 Å². The van der Waals surface area contributed by atoms with Crippen LogP contribution in [-0.2, 0) is 6.54 Å². The first-order valence-corrected chi connectivity index (χ1v) is 8.56. The van der Waals surface area contributed by atoms with Crippen molar-refractivity contribution in [2.45, 2.75) is 6.54 Å². The molecule has 0 aliphatic rings. The number of aliphatic imine (C=N–C) groups is 1. The number of halogens is 1. The maximum Gasteiger partial charge on any atom is 0.258 e. The number of hydrogen-bond acceptors (Lipinski definition) is 4. The van der Waals surface area contributed by atoms with Gasteiger partial charge in [-0.25, -0.2) is 9.38 Å². The maximum absolute atomic E-state index is 13.5. The lowest BCUT2D eigenvalue weighted by atomic mass is 10.2. The van der Waals surface area contributed by atoms with Crippen LogP contribution < -0.4 is 15.4 Å². The molecule has 0 aliphatic heterocycles. The van der Waals surface area contributed by atoms with Gasteiger partial charge in [0.1, 0.15) is 11.6 Å². The average Bonchev–Trinajstić information content (AvgIpc) is 2.73. The predicted octanol–water partition coefficient (Wildman–Crippen LogP) is 3.63. The smallest absolute Gasteiger partial charge is 0.258 e. The minimum atomic E-state index is -0.395. The summed E-state index contributed by atoms with van der Waals surface area (Å²) in [6.45, 7) is 0.247. The monoisotopic (exact) mass is 378 g/mol. The Balaban J connectivity index is 1.81. The van der Waals surface area contributed by atoms with Crippen LogP contribution in [-0.4, -0.2) is 24.0 Å². The van der Waals surface area contributed by atoms with E-state index in [1.54, 1.807) is 42.6 Å². The summed E-state index contributed by atoms with van der Waals surface area (Å²) in [6.07, 6.45) is 1.67. The lowest BCUT2D eigenvalue weighted by molar-refractivity contribution is 0.0976. The minimum Gasteiger partial charge on any atom is -0.497 e. The van der Waals surface area contributed by atoms with Gasteiger partial charge in [-0.1, -0.05) is 18.2 Å². The minimum absolute atomic E-state index is 0.184. The van der Waals surface area contributed by atoms with Gasteiger partial charge in [-0.15, -0.1) is 0 Å². The molecular formula is C21H19FN4O2. The molecule has 0 unspecified atom stereocenters. The van der Waals surface area contributed by atoms with Crippen LogP contribution in [0, 0.1) is 5.82 Å². The standard InChI is InChI=1S/C21H19FN4O2/c1-28-19-10-4-6-15(12-19)20(27)26-21(24-14-18-8-2-3-11-23-18)25-17-9-5-7-16(22)13-17/h2-13H,14H2,1H3,(H2,24,25,26,27). The number of ether oxygens (including phenoxy) is 1. The molecule has 0 saturated heterocycles. The Labute approximate surface area is 162 Å². The van der Waals surface area contributed by atoms with Crippen LogP contribution in [0.5, 0.6) is 5.75 Å². The van der Waals surface area contributed by atoms with Crippen molar-refractivity contribution in [3.8, 4) is 5.75 Å². The van der Waals surface area contributed by atoms with Crippen molar-refractivity contribution in [1.29, 1.82) is 0 Å². The lowest BCUT2D eigenvalue weighted by Gasteiger charge is -2.12. The van der Waals surface area contributed by atoms with Gasteiger partial charge >= 0.3 is 0 Å². The number of methoxy groups -OCH3 is 1. The molecule has 1 aromatic heterocycles. The van der Waals surface area contributed by atoms with E-state index in [1.807, 2.05) is 18.2 Å². The van der Waals surface area contributed by atoms with E-state index in [-0.39, 0.29) is 18.4 Å². The first-order valence-electron chi connectivity index (χ1n) is 8.56.